The van der Waals surface area contributed by atoms with Crippen LogP contribution in [0, 0.1) is 0 Å². The van der Waals surface area contributed by atoms with Crippen molar-refractivity contribution in [3.05, 3.63) is 152 Å². The van der Waals surface area contributed by atoms with E-state index in [9.17, 15) is 0 Å². The maximum atomic E-state index is 6.23. The highest BCUT2D eigenvalue weighted by Gasteiger charge is 2.18. The molecule has 180 valence electrons. The first-order valence-corrected chi connectivity index (χ1v) is 12.9. The number of fused-ring (bicyclic) bond motifs is 2. The van der Waals surface area contributed by atoms with Crippen molar-refractivity contribution < 1.29 is 4.42 Å². The van der Waals surface area contributed by atoms with E-state index in [1.54, 1.807) is 0 Å². The normalized spacial score (nSPS) is 11.2. The number of furan rings is 1. The van der Waals surface area contributed by atoms with Gasteiger partial charge in [0.15, 0.2) is 0 Å². The zero-order valence-corrected chi connectivity index (χ0v) is 20.8. The smallest absolute Gasteiger partial charge is 0.135 e. The number of nitrogens with zero attached hydrogens (tertiary/aromatic N) is 1. The van der Waals surface area contributed by atoms with Crippen LogP contribution in [0.4, 0.5) is 17.1 Å². The Morgan fingerprint density at radius 1 is 0.421 bits per heavy atom. The molecule has 0 aliphatic rings. The van der Waals surface area contributed by atoms with Gasteiger partial charge in [-0.3, -0.25) is 0 Å². The minimum atomic E-state index is 0.864. The third kappa shape index (κ3) is 4.03. The van der Waals surface area contributed by atoms with Gasteiger partial charge in [0.25, 0.3) is 0 Å². The summed E-state index contributed by atoms with van der Waals surface area (Å²) in [6.07, 6.45) is 0. The van der Waals surface area contributed by atoms with Crippen LogP contribution in [0.15, 0.2) is 156 Å². The number of rotatable bonds is 5. The standard InChI is InChI=1S/C36H25NO/c1-2-12-27(13-3-1)33-18-7-8-19-34(33)37(32-22-21-26-11-4-5-14-28(26)23-32)31-17-10-16-29(24-31)36-25-30-15-6-9-20-35(30)38-36/h1-25H. The predicted molar refractivity (Wildman–Crippen MR) is 159 cm³/mol. The lowest BCUT2D eigenvalue weighted by molar-refractivity contribution is 0.631. The van der Waals surface area contributed by atoms with Crippen molar-refractivity contribution in [3.63, 3.8) is 0 Å². The highest BCUT2D eigenvalue weighted by Crippen LogP contribution is 2.42. The van der Waals surface area contributed by atoms with Gasteiger partial charge >= 0.3 is 0 Å². The van der Waals surface area contributed by atoms with E-state index in [-0.39, 0.29) is 0 Å². The summed E-state index contributed by atoms with van der Waals surface area (Å²) in [6, 6.07) is 53.3. The molecule has 0 fully saturated rings. The topological polar surface area (TPSA) is 16.4 Å². The molecule has 0 bridgehead atoms. The van der Waals surface area contributed by atoms with E-state index in [1.165, 1.54) is 21.9 Å². The zero-order valence-electron chi connectivity index (χ0n) is 20.8. The maximum Gasteiger partial charge on any atom is 0.135 e. The molecule has 0 saturated heterocycles. The van der Waals surface area contributed by atoms with Crippen molar-refractivity contribution in [2.45, 2.75) is 0 Å². The minimum absolute atomic E-state index is 0.864. The molecule has 0 saturated carbocycles. The Morgan fingerprint density at radius 3 is 1.97 bits per heavy atom. The summed E-state index contributed by atoms with van der Waals surface area (Å²) in [4.78, 5) is 2.35. The first kappa shape index (κ1) is 22.1. The number of para-hydroxylation sites is 2. The largest absolute Gasteiger partial charge is 0.456 e. The Morgan fingerprint density at radius 2 is 1.11 bits per heavy atom. The monoisotopic (exact) mass is 487 g/mol. The van der Waals surface area contributed by atoms with E-state index in [0.29, 0.717) is 0 Å². The van der Waals surface area contributed by atoms with Gasteiger partial charge in [-0.1, -0.05) is 109 Å². The van der Waals surface area contributed by atoms with E-state index in [2.05, 4.69) is 138 Å². The Kier molecular flexibility index (Phi) is 5.49. The van der Waals surface area contributed by atoms with Crippen LogP contribution in [0.5, 0.6) is 0 Å². The highest BCUT2D eigenvalue weighted by atomic mass is 16.3. The van der Waals surface area contributed by atoms with Crippen LogP contribution in [0.3, 0.4) is 0 Å². The molecule has 0 N–H and O–H groups in total. The quantitative estimate of drug-likeness (QED) is 0.240. The van der Waals surface area contributed by atoms with E-state index >= 15 is 0 Å². The summed E-state index contributed by atoms with van der Waals surface area (Å²) >= 11 is 0. The van der Waals surface area contributed by atoms with Crippen molar-refractivity contribution in [1.82, 2.24) is 0 Å². The summed E-state index contributed by atoms with van der Waals surface area (Å²) in [5.74, 6) is 0.864. The van der Waals surface area contributed by atoms with Crippen molar-refractivity contribution >= 4 is 38.8 Å². The van der Waals surface area contributed by atoms with Crippen LogP contribution < -0.4 is 4.90 Å². The first-order valence-electron chi connectivity index (χ1n) is 12.9. The fourth-order valence-electron chi connectivity index (χ4n) is 5.20. The Hall–Kier alpha value is -5.08. The second-order valence-electron chi connectivity index (χ2n) is 9.45. The van der Waals surface area contributed by atoms with E-state index in [4.69, 9.17) is 4.42 Å². The van der Waals surface area contributed by atoms with Gasteiger partial charge in [-0.05, 0) is 58.8 Å². The number of anilines is 3. The SMILES string of the molecule is c1ccc(-c2ccccc2N(c2cccc(-c3cc4ccccc4o3)c2)c2ccc3ccccc3c2)cc1. The van der Waals surface area contributed by atoms with Crippen LogP contribution in [0.25, 0.3) is 44.2 Å². The predicted octanol–water partition coefficient (Wildman–Crippen LogP) is 10.4. The second-order valence-corrected chi connectivity index (χ2v) is 9.45. The molecule has 0 spiro atoms. The summed E-state index contributed by atoms with van der Waals surface area (Å²) in [5, 5.41) is 3.54. The second kappa shape index (κ2) is 9.42. The average Bonchev–Trinajstić information content (AvgIpc) is 3.43. The average molecular weight is 488 g/mol. The van der Waals surface area contributed by atoms with Crippen molar-refractivity contribution in [2.24, 2.45) is 0 Å². The van der Waals surface area contributed by atoms with Crippen LogP contribution in [-0.2, 0) is 0 Å². The van der Waals surface area contributed by atoms with Gasteiger partial charge in [0.05, 0.1) is 5.69 Å². The van der Waals surface area contributed by atoms with Crippen molar-refractivity contribution in [3.8, 4) is 22.5 Å². The summed E-state index contributed by atoms with van der Waals surface area (Å²) in [5.41, 5.74) is 7.60. The molecule has 1 heterocycles. The molecule has 0 atom stereocenters. The molecule has 2 heteroatoms. The number of hydrogen-bond donors (Lipinski definition) is 0. The van der Waals surface area contributed by atoms with Crippen LogP contribution in [-0.4, -0.2) is 0 Å². The van der Waals surface area contributed by atoms with Gasteiger partial charge in [0, 0.05) is 27.9 Å². The number of benzene rings is 6. The molecule has 2 nitrogen and oxygen atoms in total. The lowest BCUT2D eigenvalue weighted by Crippen LogP contribution is -2.11. The molecule has 7 rings (SSSR count). The molecular formula is C36H25NO. The summed E-state index contributed by atoms with van der Waals surface area (Å²) in [6.45, 7) is 0. The van der Waals surface area contributed by atoms with Gasteiger partial charge in [0.1, 0.15) is 11.3 Å². The summed E-state index contributed by atoms with van der Waals surface area (Å²) in [7, 11) is 0. The Bertz CT molecular complexity index is 1850. The fraction of sp³-hybridized carbons (Fsp3) is 0. The molecule has 38 heavy (non-hydrogen) atoms. The van der Waals surface area contributed by atoms with Crippen LogP contribution in [0.1, 0.15) is 0 Å². The van der Waals surface area contributed by atoms with E-state index in [0.717, 1.165) is 39.4 Å². The van der Waals surface area contributed by atoms with E-state index in [1.807, 2.05) is 18.2 Å². The Balaban J connectivity index is 1.43. The number of hydrogen-bond acceptors (Lipinski definition) is 2. The lowest BCUT2D eigenvalue weighted by atomic mass is 10.0. The zero-order chi connectivity index (χ0) is 25.3. The lowest BCUT2D eigenvalue weighted by Gasteiger charge is -2.28. The minimum Gasteiger partial charge on any atom is -0.456 e. The fourth-order valence-corrected chi connectivity index (χ4v) is 5.20. The van der Waals surface area contributed by atoms with Crippen LogP contribution >= 0.6 is 0 Å². The van der Waals surface area contributed by atoms with Crippen molar-refractivity contribution in [2.75, 3.05) is 4.90 Å². The molecule has 0 aliphatic heterocycles. The molecule has 0 radical (unpaired) electrons. The molecule has 0 unspecified atom stereocenters. The third-order valence-electron chi connectivity index (χ3n) is 7.04. The van der Waals surface area contributed by atoms with Gasteiger partial charge in [-0.25, -0.2) is 0 Å². The molecular weight excluding hydrogens is 462 g/mol. The van der Waals surface area contributed by atoms with E-state index < -0.39 is 0 Å². The molecule has 0 aliphatic carbocycles. The highest BCUT2D eigenvalue weighted by molar-refractivity contribution is 5.93. The maximum absolute atomic E-state index is 6.23. The molecule has 1 aromatic heterocycles. The molecule has 0 amide bonds. The van der Waals surface area contributed by atoms with Gasteiger partial charge in [-0.2, -0.15) is 0 Å². The third-order valence-corrected chi connectivity index (χ3v) is 7.04. The van der Waals surface area contributed by atoms with Gasteiger partial charge in [0.2, 0.25) is 0 Å². The first-order chi connectivity index (χ1) is 18.8. The van der Waals surface area contributed by atoms with Gasteiger partial charge < -0.3 is 9.32 Å². The van der Waals surface area contributed by atoms with Gasteiger partial charge in [-0.15, -0.1) is 0 Å². The Labute approximate surface area is 222 Å². The molecule has 6 aromatic carbocycles. The molecule has 7 aromatic rings. The van der Waals surface area contributed by atoms with Crippen LogP contribution in [0.2, 0.25) is 0 Å². The summed E-state index contributed by atoms with van der Waals surface area (Å²) < 4.78 is 6.23. The van der Waals surface area contributed by atoms with Crippen molar-refractivity contribution in [1.29, 1.82) is 0 Å².